The lowest BCUT2D eigenvalue weighted by Crippen LogP contribution is -2.38. The van der Waals surface area contributed by atoms with E-state index in [1.165, 1.54) is 12.1 Å². The molecule has 1 aromatic rings. The number of carbonyl (C=O) groups excluding carboxylic acids is 3. The lowest BCUT2D eigenvalue weighted by molar-refractivity contribution is -0.134. The molecule has 136 valence electrons. The molecule has 6 nitrogen and oxygen atoms in total. The van der Waals surface area contributed by atoms with E-state index in [4.69, 9.17) is 16.3 Å². The zero-order valence-electron chi connectivity index (χ0n) is 14.2. The van der Waals surface area contributed by atoms with Crippen LogP contribution in [0.15, 0.2) is 17.0 Å². The second-order valence-electron chi connectivity index (χ2n) is 6.20. The van der Waals surface area contributed by atoms with Gasteiger partial charge in [-0.2, -0.15) is 0 Å². The number of sulfone groups is 1. The van der Waals surface area contributed by atoms with Gasteiger partial charge in [0.15, 0.2) is 32.9 Å². The van der Waals surface area contributed by atoms with Gasteiger partial charge in [-0.15, -0.1) is 0 Å². The van der Waals surface area contributed by atoms with Crippen molar-refractivity contribution in [1.82, 2.24) is 0 Å². The number of hydrogen-bond acceptors (Lipinski definition) is 6. The number of hydrogen-bond donors (Lipinski definition) is 0. The van der Waals surface area contributed by atoms with Crippen molar-refractivity contribution in [3.05, 3.63) is 22.7 Å². The van der Waals surface area contributed by atoms with Crippen LogP contribution in [0.3, 0.4) is 0 Å². The first-order valence-electron chi connectivity index (χ1n) is 7.82. The number of Topliss-reactive ketones (excluding diaryl/α,β-unsaturated/α-hetero) is 3. The fourth-order valence-corrected chi connectivity index (χ4v) is 4.10. The van der Waals surface area contributed by atoms with E-state index in [9.17, 15) is 22.8 Å². The summed E-state index contributed by atoms with van der Waals surface area (Å²) in [7, 11) is -3.63. The molecule has 0 aromatic heterocycles. The molecule has 0 spiro atoms. The monoisotopic (exact) mass is 386 g/mol. The van der Waals surface area contributed by atoms with Gasteiger partial charge in [-0.3, -0.25) is 14.4 Å². The molecule has 0 atom stereocenters. The van der Waals surface area contributed by atoms with Gasteiger partial charge in [-0.05, 0) is 25.0 Å². The lowest BCUT2D eigenvalue weighted by atomic mass is 9.77. The molecule has 1 saturated carbocycles. The minimum Gasteiger partial charge on any atom is -0.491 e. The Hall–Kier alpha value is -1.73. The Balaban J connectivity index is 2.53. The van der Waals surface area contributed by atoms with Crippen LogP contribution in [-0.4, -0.2) is 38.6 Å². The van der Waals surface area contributed by atoms with Crippen LogP contribution < -0.4 is 4.74 Å². The fraction of sp³-hybridized carbons (Fsp3) is 0.471. The molecule has 0 N–H and O–H groups in total. The van der Waals surface area contributed by atoms with Crippen LogP contribution in [0.4, 0.5) is 0 Å². The number of ether oxygens (including phenoxy) is 1. The molecular formula is C17H19ClO6S. The maximum Gasteiger partial charge on any atom is 0.182 e. The van der Waals surface area contributed by atoms with Crippen molar-refractivity contribution in [2.45, 2.75) is 31.6 Å². The van der Waals surface area contributed by atoms with Crippen LogP contribution in [0.25, 0.3) is 0 Å². The Morgan fingerprint density at radius 1 is 1.24 bits per heavy atom. The molecule has 1 aliphatic rings. The largest absolute Gasteiger partial charge is 0.491 e. The zero-order valence-corrected chi connectivity index (χ0v) is 15.7. The fourth-order valence-electron chi connectivity index (χ4n) is 2.92. The molecule has 0 unspecified atom stereocenters. The molecule has 0 heterocycles. The zero-order chi connectivity index (χ0) is 18.9. The Morgan fingerprint density at radius 3 is 2.28 bits per heavy atom. The average Bonchev–Trinajstić information content (AvgIpc) is 2.46. The van der Waals surface area contributed by atoms with E-state index < -0.39 is 33.1 Å². The van der Waals surface area contributed by atoms with Crippen LogP contribution in [-0.2, 0) is 19.4 Å². The third-order valence-corrected chi connectivity index (χ3v) is 5.52. The second kappa shape index (κ2) is 7.25. The van der Waals surface area contributed by atoms with Crippen LogP contribution in [0.5, 0.6) is 5.75 Å². The highest BCUT2D eigenvalue weighted by molar-refractivity contribution is 7.90. The Kier molecular flexibility index (Phi) is 5.68. The third kappa shape index (κ3) is 3.93. The van der Waals surface area contributed by atoms with Crippen molar-refractivity contribution < 1.29 is 27.5 Å². The smallest absolute Gasteiger partial charge is 0.182 e. The van der Waals surface area contributed by atoms with Gasteiger partial charge in [0.05, 0.1) is 11.6 Å². The van der Waals surface area contributed by atoms with Crippen LogP contribution in [0.1, 0.15) is 37.0 Å². The van der Waals surface area contributed by atoms with Crippen molar-refractivity contribution in [2.75, 3.05) is 12.9 Å². The summed E-state index contributed by atoms with van der Waals surface area (Å²) < 4.78 is 29.1. The van der Waals surface area contributed by atoms with Crippen LogP contribution in [0, 0.1) is 11.8 Å². The van der Waals surface area contributed by atoms with Crippen molar-refractivity contribution in [3.8, 4) is 5.75 Å². The highest BCUT2D eigenvalue weighted by Crippen LogP contribution is 2.37. The molecule has 1 aliphatic carbocycles. The van der Waals surface area contributed by atoms with E-state index in [1.807, 2.05) is 0 Å². The summed E-state index contributed by atoms with van der Waals surface area (Å²) in [6.45, 7) is 3.56. The molecule has 1 aromatic carbocycles. The topological polar surface area (TPSA) is 94.6 Å². The van der Waals surface area contributed by atoms with Crippen molar-refractivity contribution in [1.29, 1.82) is 0 Å². The summed E-state index contributed by atoms with van der Waals surface area (Å²) in [6.07, 6.45) is 1.30. The maximum atomic E-state index is 12.7. The van der Waals surface area contributed by atoms with Gasteiger partial charge in [0, 0.05) is 24.7 Å². The Bertz CT molecular complexity index is 825. The van der Waals surface area contributed by atoms with E-state index in [0.717, 1.165) is 6.26 Å². The molecule has 8 heteroatoms. The van der Waals surface area contributed by atoms with Crippen molar-refractivity contribution in [2.24, 2.45) is 11.8 Å². The lowest BCUT2D eigenvalue weighted by Gasteiger charge is -2.23. The first-order valence-corrected chi connectivity index (χ1v) is 10.1. The van der Waals surface area contributed by atoms with Crippen LogP contribution in [0.2, 0.25) is 5.02 Å². The summed E-state index contributed by atoms with van der Waals surface area (Å²) in [4.78, 5) is 36.9. The summed E-state index contributed by atoms with van der Waals surface area (Å²) in [6, 6.07) is 2.43. The van der Waals surface area contributed by atoms with Gasteiger partial charge in [-0.1, -0.05) is 18.5 Å². The number of carbonyl (C=O) groups is 3. The highest BCUT2D eigenvalue weighted by Gasteiger charge is 2.40. The average molecular weight is 387 g/mol. The van der Waals surface area contributed by atoms with Crippen LogP contribution >= 0.6 is 11.6 Å². The maximum absolute atomic E-state index is 12.7. The summed E-state index contributed by atoms with van der Waals surface area (Å²) in [5, 5.41) is -0.200. The summed E-state index contributed by atoms with van der Waals surface area (Å²) in [5.74, 6) is -3.20. The summed E-state index contributed by atoms with van der Waals surface area (Å²) in [5.41, 5.74) is -0.0845. The first-order chi connectivity index (χ1) is 11.6. The molecule has 0 bridgehead atoms. The van der Waals surface area contributed by atoms with Gasteiger partial charge in [0.1, 0.15) is 10.8 Å². The van der Waals surface area contributed by atoms with E-state index in [2.05, 4.69) is 0 Å². The molecular weight excluding hydrogens is 368 g/mol. The molecule has 0 aliphatic heterocycles. The van der Waals surface area contributed by atoms with Crippen molar-refractivity contribution >= 4 is 38.8 Å². The third-order valence-electron chi connectivity index (χ3n) is 4.02. The highest BCUT2D eigenvalue weighted by atomic mass is 35.5. The normalized spacial score (nSPS) is 21.3. The first kappa shape index (κ1) is 19.6. The standard InChI is InChI=1S/C17H19ClO6S/c1-4-24-17-13(25(3,22)23)6-5-10(15(17)18)16(21)14-11(19)7-9(2)8-12(14)20/h5-6,9,14H,4,7-8H2,1-3H3. The van der Waals surface area contributed by atoms with Gasteiger partial charge in [0.25, 0.3) is 0 Å². The summed E-state index contributed by atoms with van der Waals surface area (Å²) >= 11 is 6.20. The number of rotatable bonds is 5. The van der Waals surface area contributed by atoms with Gasteiger partial charge in [-0.25, -0.2) is 8.42 Å². The molecule has 1 fully saturated rings. The Morgan fingerprint density at radius 2 is 1.80 bits per heavy atom. The molecule has 0 saturated heterocycles. The SMILES string of the molecule is CCOc1c(S(C)(=O)=O)ccc(C(=O)C2C(=O)CC(C)CC2=O)c1Cl. The quantitative estimate of drug-likeness (QED) is 0.570. The predicted molar refractivity (Wildman–Crippen MR) is 92.0 cm³/mol. The van der Waals surface area contributed by atoms with Gasteiger partial charge in [0.2, 0.25) is 0 Å². The number of benzene rings is 1. The predicted octanol–water partition coefficient (Wildman–Crippen LogP) is 2.51. The molecule has 2 rings (SSSR count). The van der Waals surface area contributed by atoms with E-state index >= 15 is 0 Å². The minimum absolute atomic E-state index is 0.0845. The van der Waals surface area contributed by atoms with Crippen molar-refractivity contribution in [3.63, 3.8) is 0 Å². The van der Waals surface area contributed by atoms with Gasteiger partial charge >= 0.3 is 0 Å². The second-order valence-corrected chi connectivity index (χ2v) is 8.56. The van der Waals surface area contributed by atoms with E-state index in [1.54, 1.807) is 13.8 Å². The molecule has 25 heavy (non-hydrogen) atoms. The van der Waals surface area contributed by atoms with E-state index in [-0.39, 0.29) is 46.6 Å². The minimum atomic E-state index is -3.63. The molecule has 0 radical (unpaired) electrons. The molecule has 0 amide bonds. The van der Waals surface area contributed by atoms with Gasteiger partial charge < -0.3 is 4.74 Å². The Labute approximate surface area is 151 Å². The number of ketones is 3. The van der Waals surface area contributed by atoms with E-state index in [0.29, 0.717) is 0 Å². The number of halogens is 1.